The molecule has 0 spiro atoms. The first-order valence-corrected chi connectivity index (χ1v) is 13.5. The highest BCUT2D eigenvalue weighted by Gasteiger charge is 2.35. The first-order valence-electron chi connectivity index (χ1n) is 12.7. The Kier molecular flexibility index (Phi) is 9.27. The number of hydrogen-bond acceptors (Lipinski definition) is 3. The lowest BCUT2D eigenvalue weighted by Gasteiger charge is -2.35. The van der Waals surface area contributed by atoms with Crippen LogP contribution in [0.2, 0.25) is 10.0 Å². The number of rotatable bonds is 6. The van der Waals surface area contributed by atoms with Gasteiger partial charge in [-0.05, 0) is 68.1 Å². The molecular weight excluding hydrogens is 519 g/mol. The number of hydrogen-bond donors (Lipinski definition) is 3. The molecule has 1 saturated heterocycles. The lowest BCUT2D eigenvalue weighted by atomic mass is 9.93. The Balaban J connectivity index is 1.37. The smallest absolute Gasteiger partial charge is 0.251 e. The summed E-state index contributed by atoms with van der Waals surface area (Å²) >= 11 is 12.1. The predicted octanol–water partition coefficient (Wildman–Crippen LogP) is 5.61. The topological polar surface area (TPSA) is 68.8 Å². The molecule has 1 heterocycles. The van der Waals surface area contributed by atoms with Crippen LogP contribution < -0.4 is 16.0 Å². The molecular formula is C27H33Cl2F2N5O. The van der Waals surface area contributed by atoms with Crippen LogP contribution in [0.1, 0.15) is 48.5 Å². The molecule has 37 heavy (non-hydrogen) atoms. The maximum absolute atomic E-state index is 13.6. The molecule has 3 N–H and O–H groups in total. The Labute approximate surface area is 226 Å². The first-order chi connectivity index (χ1) is 17.7. The molecule has 2 aliphatic rings. The predicted molar refractivity (Wildman–Crippen MR) is 146 cm³/mol. The van der Waals surface area contributed by atoms with Gasteiger partial charge in [0.25, 0.3) is 5.91 Å². The molecule has 4 rings (SSSR count). The molecule has 0 aromatic heterocycles. The molecule has 1 atom stereocenters. The number of carbonyl (C=O) groups excluding carboxylic acids is 1. The van der Waals surface area contributed by atoms with Crippen LogP contribution in [-0.4, -0.2) is 61.0 Å². The molecule has 10 heteroatoms. The zero-order chi connectivity index (χ0) is 26.4. The number of halogens is 4. The number of anilines is 1. The Morgan fingerprint density at radius 2 is 1.89 bits per heavy atom. The minimum atomic E-state index is -2.58. The summed E-state index contributed by atoms with van der Waals surface area (Å²) in [6, 6.07) is 12.7. The fourth-order valence-corrected chi connectivity index (χ4v) is 5.12. The van der Waals surface area contributed by atoms with Crippen LogP contribution in [-0.2, 0) is 6.42 Å². The molecule has 2 fully saturated rings. The highest BCUT2D eigenvalue weighted by molar-refractivity contribution is 6.35. The second-order valence-corrected chi connectivity index (χ2v) is 10.6. The van der Waals surface area contributed by atoms with Gasteiger partial charge in [-0.1, -0.05) is 29.3 Å². The largest absolute Gasteiger partial charge is 0.352 e. The van der Waals surface area contributed by atoms with Crippen LogP contribution in [0.4, 0.5) is 14.5 Å². The van der Waals surface area contributed by atoms with Crippen molar-refractivity contribution < 1.29 is 13.6 Å². The van der Waals surface area contributed by atoms with Gasteiger partial charge < -0.3 is 20.9 Å². The molecule has 6 nitrogen and oxygen atoms in total. The zero-order valence-corrected chi connectivity index (χ0v) is 22.4. The standard InChI is InChI=1S/C27H33Cl2F2N5O/c1-18-17-36(15-14-32-18)26(35-23-8-11-27(30,31)12-9-23)34-22-6-3-20(4-7-22)25(37)33-13-10-19-2-5-21(28)16-24(19)29/h2-7,16,18,23,32H,8-15,17H2,1H3,(H,33,37)(H,34,35)/t18-/m0/s1. The molecule has 1 saturated carbocycles. The normalized spacial score (nSPS) is 20.5. The Bertz CT molecular complexity index is 1100. The van der Waals surface area contributed by atoms with Gasteiger partial charge in [0.1, 0.15) is 0 Å². The van der Waals surface area contributed by atoms with Gasteiger partial charge >= 0.3 is 0 Å². The van der Waals surface area contributed by atoms with Crippen molar-refractivity contribution in [3.05, 3.63) is 63.6 Å². The van der Waals surface area contributed by atoms with Crippen molar-refractivity contribution in [1.82, 2.24) is 15.5 Å². The van der Waals surface area contributed by atoms with Gasteiger partial charge in [-0.15, -0.1) is 0 Å². The number of alkyl halides is 2. The third-order valence-electron chi connectivity index (χ3n) is 6.76. The summed E-state index contributed by atoms with van der Waals surface area (Å²) in [5.41, 5.74) is 2.24. The fourth-order valence-electron chi connectivity index (χ4n) is 4.62. The summed E-state index contributed by atoms with van der Waals surface area (Å²) in [7, 11) is 0. The Hall–Kier alpha value is -2.42. The van der Waals surface area contributed by atoms with E-state index in [0.29, 0.717) is 53.4 Å². The van der Waals surface area contributed by atoms with Gasteiger partial charge in [-0.3, -0.25) is 4.79 Å². The van der Waals surface area contributed by atoms with Gasteiger partial charge in [0, 0.05) is 66.4 Å². The van der Waals surface area contributed by atoms with Crippen LogP contribution in [0.3, 0.4) is 0 Å². The van der Waals surface area contributed by atoms with Crippen molar-refractivity contribution in [2.24, 2.45) is 4.99 Å². The average molecular weight is 552 g/mol. The van der Waals surface area contributed by atoms with E-state index in [4.69, 9.17) is 28.2 Å². The van der Waals surface area contributed by atoms with Crippen LogP contribution in [0.5, 0.6) is 0 Å². The van der Waals surface area contributed by atoms with E-state index in [-0.39, 0.29) is 24.8 Å². The summed E-state index contributed by atoms with van der Waals surface area (Å²) in [4.78, 5) is 19.6. The van der Waals surface area contributed by atoms with Crippen molar-refractivity contribution >= 4 is 40.8 Å². The number of carbonyl (C=O) groups is 1. The molecule has 200 valence electrons. The summed E-state index contributed by atoms with van der Waals surface area (Å²) in [5.74, 6) is -2.06. The van der Waals surface area contributed by atoms with Crippen molar-refractivity contribution in [3.63, 3.8) is 0 Å². The summed E-state index contributed by atoms with van der Waals surface area (Å²) < 4.78 is 27.3. The molecule has 0 radical (unpaired) electrons. The third-order valence-corrected chi connectivity index (χ3v) is 7.34. The number of piperazine rings is 1. The maximum atomic E-state index is 13.6. The summed E-state index contributed by atoms with van der Waals surface area (Å²) in [5, 5.41) is 10.9. The third kappa shape index (κ3) is 8.03. The van der Waals surface area contributed by atoms with Gasteiger partial charge in [0.05, 0.1) is 6.04 Å². The average Bonchev–Trinajstić information content (AvgIpc) is 2.86. The monoisotopic (exact) mass is 551 g/mol. The second-order valence-electron chi connectivity index (χ2n) is 9.79. The number of amides is 1. The second kappa shape index (κ2) is 12.4. The SMILES string of the molecule is C[C@H]1CN(C(=NC2CCC(F)(F)CC2)Nc2ccc(C(=O)NCCc3ccc(Cl)cc3Cl)cc2)CCN1. The van der Waals surface area contributed by atoms with Crippen LogP contribution in [0.25, 0.3) is 0 Å². The van der Waals surface area contributed by atoms with Crippen LogP contribution in [0.15, 0.2) is 47.5 Å². The van der Waals surface area contributed by atoms with Crippen molar-refractivity contribution in [1.29, 1.82) is 0 Å². The molecule has 2 aromatic rings. The molecule has 1 aliphatic carbocycles. The van der Waals surface area contributed by atoms with Crippen LogP contribution >= 0.6 is 23.2 Å². The van der Waals surface area contributed by atoms with Crippen molar-refractivity contribution in [2.75, 3.05) is 31.5 Å². The summed E-state index contributed by atoms with van der Waals surface area (Å²) in [6.07, 6.45) is 1.10. The van der Waals surface area contributed by atoms with Gasteiger partial charge in [-0.2, -0.15) is 0 Å². The number of nitrogens with zero attached hydrogens (tertiary/aromatic N) is 2. The van der Waals surface area contributed by atoms with E-state index in [1.165, 1.54) is 0 Å². The van der Waals surface area contributed by atoms with E-state index in [9.17, 15) is 13.6 Å². The fraction of sp³-hybridized carbons (Fsp3) is 0.481. The molecule has 1 amide bonds. The van der Waals surface area contributed by atoms with Crippen molar-refractivity contribution in [2.45, 2.75) is 57.0 Å². The number of guanidine groups is 1. The van der Waals surface area contributed by atoms with E-state index in [1.54, 1.807) is 24.3 Å². The van der Waals surface area contributed by atoms with E-state index in [1.807, 2.05) is 18.2 Å². The lowest BCUT2D eigenvalue weighted by molar-refractivity contribution is -0.0374. The molecule has 0 unspecified atom stereocenters. The van der Waals surface area contributed by atoms with E-state index in [2.05, 4.69) is 27.8 Å². The van der Waals surface area contributed by atoms with Crippen LogP contribution in [0, 0.1) is 0 Å². The Morgan fingerprint density at radius 3 is 2.57 bits per heavy atom. The number of benzene rings is 2. The molecule has 1 aliphatic heterocycles. The zero-order valence-electron chi connectivity index (χ0n) is 20.9. The minimum Gasteiger partial charge on any atom is -0.352 e. The number of nitrogens with one attached hydrogen (secondary N) is 3. The highest BCUT2D eigenvalue weighted by Crippen LogP contribution is 2.34. The highest BCUT2D eigenvalue weighted by atomic mass is 35.5. The van der Waals surface area contributed by atoms with Gasteiger partial charge in [0.15, 0.2) is 5.96 Å². The number of aliphatic imine (C=N–C) groups is 1. The van der Waals surface area contributed by atoms with Gasteiger partial charge in [-0.25, -0.2) is 13.8 Å². The van der Waals surface area contributed by atoms with Gasteiger partial charge in [0.2, 0.25) is 5.92 Å². The maximum Gasteiger partial charge on any atom is 0.251 e. The minimum absolute atomic E-state index is 0.125. The van der Waals surface area contributed by atoms with E-state index < -0.39 is 5.92 Å². The Morgan fingerprint density at radius 1 is 1.16 bits per heavy atom. The first kappa shape index (κ1) is 27.6. The van der Waals surface area contributed by atoms with Crippen molar-refractivity contribution in [3.8, 4) is 0 Å². The summed E-state index contributed by atoms with van der Waals surface area (Å²) in [6.45, 7) is 4.92. The molecule has 0 bridgehead atoms. The van der Waals surface area contributed by atoms with E-state index in [0.717, 1.165) is 30.9 Å². The lowest BCUT2D eigenvalue weighted by Crippen LogP contribution is -2.53. The quantitative estimate of drug-likeness (QED) is 0.322. The van der Waals surface area contributed by atoms with E-state index >= 15 is 0 Å². The molecule has 2 aromatic carbocycles.